The van der Waals surface area contributed by atoms with E-state index >= 15 is 0 Å². The number of carbonyl (C=O) groups is 3. The average molecular weight is 917 g/mol. The van der Waals surface area contributed by atoms with Crippen LogP contribution in [0.4, 0.5) is 0 Å². The van der Waals surface area contributed by atoms with E-state index in [1.807, 2.05) is 0 Å². The van der Waals surface area contributed by atoms with Gasteiger partial charge in [-0.25, -0.2) is 0 Å². The van der Waals surface area contributed by atoms with Crippen LogP contribution in [0.1, 0.15) is 245 Å². The van der Waals surface area contributed by atoms with Gasteiger partial charge in [-0.2, -0.15) is 0 Å². The second-order valence-electron chi connectivity index (χ2n) is 17.7. The monoisotopic (exact) mass is 917 g/mol. The molecule has 0 N–H and O–H groups in total. The van der Waals surface area contributed by atoms with Gasteiger partial charge in [-0.05, 0) is 122 Å². The predicted octanol–water partition coefficient (Wildman–Crippen LogP) is 18.1. The van der Waals surface area contributed by atoms with Crippen LogP contribution in [-0.4, -0.2) is 37.2 Å². The lowest BCUT2D eigenvalue weighted by Gasteiger charge is -2.18. The summed E-state index contributed by atoms with van der Waals surface area (Å²) in [6.45, 7) is 6.44. The summed E-state index contributed by atoms with van der Waals surface area (Å²) in [6.07, 6.45) is 71.0. The quantitative estimate of drug-likeness (QED) is 0.0262. The van der Waals surface area contributed by atoms with Crippen molar-refractivity contribution < 1.29 is 28.6 Å². The van der Waals surface area contributed by atoms with Gasteiger partial charge in [-0.3, -0.25) is 14.4 Å². The number of unbranched alkanes of at least 4 members (excludes halogenated alkanes) is 21. The van der Waals surface area contributed by atoms with Crippen molar-refractivity contribution in [3.8, 4) is 0 Å². The summed E-state index contributed by atoms with van der Waals surface area (Å²) in [4.78, 5) is 38.1. The maximum Gasteiger partial charge on any atom is 0.306 e. The van der Waals surface area contributed by atoms with E-state index in [0.717, 1.165) is 135 Å². The van der Waals surface area contributed by atoms with Gasteiger partial charge in [0.25, 0.3) is 0 Å². The molecule has 0 aromatic rings. The molecule has 0 rings (SSSR count). The molecule has 0 saturated heterocycles. The largest absolute Gasteiger partial charge is 0.462 e. The van der Waals surface area contributed by atoms with Crippen molar-refractivity contribution in [1.82, 2.24) is 0 Å². The van der Waals surface area contributed by atoms with Gasteiger partial charge in [0.2, 0.25) is 0 Å². The van der Waals surface area contributed by atoms with Crippen LogP contribution in [-0.2, 0) is 28.6 Å². The molecule has 0 saturated carbocycles. The molecule has 0 bridgehead atoms. The van der Waals surface area contributed by atoms with Gasteiger partial charge in [-0.1, -0.05) is 201 Å². The molecule has 0 aromatic carbocycles. The highest BCUT2D eigenvalue weighted by Gasteiger charge is 2.19. The number of hydrogen-bond acceptors (Lipinski definition) is 6. The highest BCUT2D eigenvalue weighted by atomic mass is 16.6. The molecular weight excluding hydrogens is 817 g/mol. The van der Waals surface area contributed by atoms with Crippen molar-refractivity contribution in [3.05, 3.63) is 97.2 Å². The van der Waals surface area contributed by atoms with Crippen LogP contribution >= 0.6 is 0 Å². The molecule has 0 heterocycles. The van der Waals surface area contributed by atoms with E-state index in [1.54, 1.807) is 0 Å². The zero-order chi connectivity index (χ0) is 47.9. The molecular formula is C60H100O6. The van der Waals surface area contributed by atoms with Crippen molar-refractivity contribution in [3.63, 3.8) is 0 Å². The zero-order valence-electron chi connectivity index (χ0n) is 42.9. The fourth-order valence-electron chi connectivity index (χ4n) is 7.20. The molecule has 0 aromatic heterocycles. The van der Waals surface area contributed by atoms with E-state index in [-0.39, 0.29) is 31.1 Å². The van der Waals surface area contributed by atoms with Crippen molar-refractivity contribution in [2.24, 2.45) is 0 Å². The minimum atomic E-state index is -0.803. The molecule has 0 aliphatic rings. The van der Waals surface area contributed by atoms with Crippen LogP contribution in [0.15, 0.2) is 97.2 Å². The van der Waals surface area contributed by atoms with Crippen LogP contribution in [0.25, 0.3) is 0 Å². The van der Waals surface area contributed by atoms with Crippen molar-refractivity contribution >= 4 is 17.9 Å². The predicted molar refractivity (Wildman–Crippen MR) is 284 cm³/mol. The Morgan fingerprint density at radius 3 is 0.985 bits per heavy atom. The van der Waals surface area contributed by atoms with Gasteiger partial charge in [0, 0.05) is 19.3 Å². The van der Waals surface area contributed by atoms with Crippen molar-refractivity contribution in [2.45, 2.75) is 252 Å². The lowest BCUT2D eigenvalue weighted by Crippen LogP contribution is -2.30. The summed E-state index contributed by atoms with van der Waals surface area (Å²) in [5.74, 6) is -0.955. The Morgan fingerprint density at radius 1 is 0.318 bits per heavy atom. The molecule has 0 unspecified atom stereocenters. The standard InChI is InChI=1S/C60H100O6/c1-4-7-10-13-16-19-22-25-28-29-30-31-33-35-38-41-44-47-50-53-59(62)65-56-57(55-64-58(61)52-49-46-43-40-37-34-27-24-21-18-15-12-9-6-3)66-60(63)54-51-48-45-42-39-36-32-26-23-20-17-14-11-8-5-2/h7,10,16-17,19-20,24-28,30-32,35,38,57H,4-6,8-9,11-15,18,21-23,29,33-34,36-37,39-56H2,1-3H3/b10-7+,19-16+,20-17+,27-24+,28-25+,31-30+,32-26+,38-35+/t57-/m1/s1. The van der Waals surface area contributed by atoms with E-state index in [2.05, 4.69) is 118 Å². The van der Waals surface area contributed by atoms with Gasteiger partial charge in [-0.15, -0.1) is 0 Å². The SMILES string of the molecule is CC/C=C/C/C=C/C/C=C/C/C=C/C/C=C/CCCCCC(=O)OC[C@@H](COC(=O)CCCCCCC/C=C/CCCCCCC)OC(=O)CCCCCCC/C=C/C/C=C/CCCCC. The normalized spacial score (nSPS) is 12.8. The van der Waals surface area contributed by atoms with Crippen LogP contribution in [0.3, 0.4) is 0 Å². The average Bonchev–Trinajstić information content (AvgIpc) is 3.31. The number of carbonyl (C=O) groups excluding carboxylic acids is 3. The van der Waals surface area contributed by atoms with E-state index < -0.39 is 6.10 Å². The van der Waals surface area contributed by atoms with Crippen LogP contribution in [0, 0.1) is 0 Å². The molecule has 0 radical (unpaired) electrons. The maximum atomic E-state index is 12.8. The lowest BCUT2D eigenvalue weighted by atomic mass is 10.1. The van der Waals surface area contributed by atoms with E-state index in [1.165, 1.54) is 70.6 Å². The number of ether oxygens (including phenoxy) is 3. The Hall–Kier alpha value is -3.67. The Bertz CT molecular complexity index is 1330. The highest BCUT2D eigenvalue weighted by molar-refractivity contribution is 5.71. The summed E-state index contributed by atoms with van der Waals surface area (Å²) < 4.78 is 16.8. The van der Waals surface area contributed by atoms with Gasteiger partial charge in [0.05, 0.1) is 0 Å². The Labute approximate surface area is 407 Å². The third kappa shape index (κ3) is 51.3. The van der Waals surface area contributed by atoms with E-state index in [0.29, 0.717) is 19.3 Å². The Balaban J connectivity index is 4.49. The molecule has 0 amide bonds. The second kappa shape index (κ2) is 53.9. The van der Waals surface area contributed by atoms with Crippen LogP contribution in [0.5, 0.6) is 0 Å². The van der Waals surface area contributed by atoms with Gasteiger partial charge in [0.15, 0.2) is 6.10 Å². The summed E-state index contributed by atoms with van der Waals surface area (Å²) in [6, 6.07) is 0. The summed E-state index contributed by atoms with van der Waals surface area (Å²) in [5, 5.41) is 0. The van der Waals surface area contributed by atoms with Crippen LogP contribution in [0.2, 0.25) is 0 Å². The summed E-state index contributed by atoms with van der Waals surface area (Å²) in [5.41, 5.74) is 0. The molecule has 0 spiro atoms. The third-order valence-electron chi connectivity index (χ3n) is 11.3. The van der Waals surface area contributed by atoms with Crippen LogP contribution < -0.4 is 0 Å². The molecule has 0 fully saturated rings. The fourth-order valence-corrected chi connectivity index (χ4v) is 7.20. The molecule has 0 aliphatic carbocycles. The number of hydrogen-bond donors (Lipinski definition) is 0. The van der Waals surface area contributed by atoms with Crippen molar-refractivity contribution in [2.75, 3.05) is 13.2 Å². The molecule has 1 atom stereocenters. The van der Waals surface area contributed by atoms with Gasteiger partial charge >= 0.3 is 17.9 Å². The molecule has 6 heteroatoms. The lowest BCUT2D eigenvalue weighted by molar-refractivity contribution is -0.167. The second-order valence-corrected chi connectivity index (χ2v) is 17.7. The Morgan fingerprint density at radius 2 is 0.591 bits per heavy atom. The third-order valence-corrected chi connectivity index (χ3v) is 11.3. The highest BCUT2D eigenvalue weighted by Crippen LogP contribution is 2.13. The van der Waals surface area contributed by atoms with E-state index in [9.17, 15) is 14.4 Å². The summed E-state index contributed by atoms with van der Waals surface area (Å²) in [7, 11) is 0. The van der Waals surface area contributed by atoms with Gasteiger partial charge < -0.3 is 14.2 Å². The molecule has 66 heavy (non-hydrogen) atoms. The first-order valence-corrected chi connectivity index (χ1v) is 27.2. The first-order valence-electron chi connectivity index (χ1n) is 27.2. The smallest absolute Gasteiger partial charge is 0.306 e. The number of allylic oxidation sites excluding steroid dienone is 16. The minimum Gasteiger partial charge on any atom is -0.462 e. The maximum absolute atomic E-state index is 12.8. The van der Waals surface area contributed by atoms with Crippen molar-refractivity contribution in [1.29, 1.82) is 0 Å². The molecule has 6 nitrogen and oxygen atoms in total. The number of esters is 3. The minimum absolute atomic E-state index is 0.0990. The Kier molecular flexibility index (Phi) is 50.9. The number of rotatable bonds is 48. The fraction of sp³-hybridized carbons (Fsp3) is 0.683. The molecule has 0 aliphatic heterocycles. The topological polar surface area (TPSA) is 78.9 Å². The molecule has 376 valence electrons. The summed E-state index contributed by atoms with van der Waals surface area (Å²) >= 11 is 0. The van der Waals surface area contributed by atoms with E-state index in [4.69, 9.17) is 14.2 Å². The zero-order valence-corrected chi connectivity index (χ0v) is 42.9. The first-order chi connectivity index (χ1) is 32.5. The first kappa shape index (κ1) is 62.3. The van der Waals surface area contributed by atoms with Gasteiger partial charge in [0.1, 0.15) is 13.2 Å².